The number of fused-ring (bicyclic) bond motifs is 4. The van der Waals surface area contributed by atoms with Crippen molar-refractivity contribution in [2.75, 3.05) is 0 Å². The Morgan fingerprint density at radius 1 is 0.867 bits per heavy atom. The minimum absolute atomic E-state index is 0.0873. The Hall–Kier alpha value is -3.20. The molecule has 2 nitrogen and oxygen atoms in total. The lowest BCUT2D eigenvalue weighted by Crippen LogP contribution is -2.05. The fourth-order valence-electron chi connectivity index (χ4n) is 4.55. The fraction of sp³-hybridized carbons (Fsp3) is 0.222. The highest BCUT2D eigenvalue weighted by Gasteiger charge is 2.22. The molecule has 0 saturated heterocycles. The number of aryl methyl sites for hydroxylation is 1. The van der Waals surface area contributed by atoms with Gasteiger partial charge in [0.15, 0.2) is 5.82 Å². The molecule has 0 spiro atoms. The zero-order valence-corrected chi connectivity index (χ0v) is 17.5. The molecule has 3 aromatic carbocycles. The van der Waals surface area contributed by atoms with Crippen LogP contribution in [0.1, 0.15) is 43.9 Å². The zero-order chi connectivity index (χ0) is 20.8. The predicted octanol–water partition coefficient (Wildman–Crippen LogP) is 8.15. The second-order valence-corrected chi connectivity index (χ2v) is 8.01. The first-order valence-electron chi connectivity index (χ1n) is 10.6. The van der Waals surface area contributed by atoms with Crippen molar-refractivity contribution < 1.29 is 8.81 Å². The van der Waals surface area contributed by atoms with Crippen LogP contribution in [0.5, 0.6) is 0 Å². The average Bonchev–Trinajstić information content (AvgIpc) is 3.14. The number of hydrogen-bond donors (Lipinski definition) is 0. The summed E-state index contributed by atoms with van der Waals surface area (Å²) in [6, 6.07) is 20.0. The number of nitrogens with zero attached hydrogens (tertiary/aromatic N) is 1. The third-order valence-electron chi connectivity index (χ3n) is 6.13. The molecule has 5 aromatic rings. The molecule has 0 aliphatic rings. The van der Waals surface area contributed by atoms with Crippen molar-refractivity contribution >= 4 is 32.7 Å². The molecule has 0 aliphatic carbocycles. The average molecular weight is 397 g/mol. The molecular weight excluding hydrogens is 373 g/mol. The summed E-state index contributed by atoms with van der Waals surface area (Å²) in [6.07, 6.45) is 1.71. The molecule has 150 valence electrons. The summed E-state index contributed by atoms with van der Waals surface area (Å²) in [5.74, 6) is -0.110. The van der Waals surface area contributed by atoms with Crippen molar-refractivity contribution in [3.63, 3.8) is 0 Å². The van der Waals surface area contributed by atoms with Gasteiger partial charge < -0.3 is 4.42 Å². The van der Waals surface area contributed by atoms with Crippen LogP contribution in [0, 0.1) is 12.7 Å². The number of aromatic nitrogens is 1. The van der Waals surface area contributed by atoms with Crippen molar-refractivity contribution in [3.05, 3.63) is 77.7 Å². The van der Waals surface area contributed by atoms with Gasteiger partial charge in [-0.25, -0.2) is 9.37 Å². The van der Waals surface area contributed by atoms with Gasteiger partial charge in [0.1, 0.15) is 11.2 Å². The largest absolute Gasteiger partial charge is 0.455 e. The van der Waals surface area contributed by atoms with Gasteiger partial charge in [0.25, 0.3) is 0 Å². The van der Waals surface area contributed by atoms with Gasteiger partial charge in [-0.05, 0) is 43.5 Å². The van der Waals surface area contributed by atoms with E-state index >= 15 is 4.39 Å². The molecule has 0 aliphatic heterocycles. The summed E-state index contributed by atoms with van der Waals surface area (Å²) in [4.78, 5) is 4.94. The van der Waals surface area contributed by atoms with E-state index in [0.29, 0.717) is 11.1 Å². The van der Waals surface area contributed by atoms with Gasteiger partial charge in [-0.3, -0.25) is 0 Å². The summed E-state index contributed by atoms with van der Waals surface area (Å²) >= 11 is 0. The predicted molar refractivity (Wildman–Crippen MR) is 122 cm³/mol. The third-order valence-corrected chi connectivity index (χ3v) is 6.13. The second kappa shape index (κ2) is 7.24. The van der Waals surface area contributed by atoms with E-state index in [2.05, 4.69) is 39.0 Å². The number of pyridine rings is 1. The van der Waals surface area contributed by atoms with Crippen LogP contribution in [0.2, 0.25) is 0 Å². The minimum atomic E-state index is -0.198. The number of furan rings is 1. The Morgan fingerprint density at radius 3 is 2.27 bits per heavy atom. The lowest BCUT2D eigenvalue weighted by Gasteiger charge is -2.17. The minimum Gasteiger partial charge on any atom is -0.455 e. The van der Waals surface area contributed by atoms with E-state index in [1.165, 1.54) is 0 Å². The van der Waals surface area contributed by atoms with Crippen LogP contribution in [0.4, 0.5) is 4.39 Å². The molecule has 2 aromatic heterocycles. The van der Waals surface area contributed by atoms with Crippen LogP contribution in [-0.2, 0) is 0 Å². The molecule has 0 amide bonds. The molecule has 0 unspecified atom stereocenters. The van der Waals surface area contributed by atoms with Gasteiger partial charge in [-0.2, -0.15) is 0 Å². The van der Waals surface area contributed by atoms with Gasteiger partial charge >= 0.3 is 0 Å². The van der Waals surface area contributed by atoms with Gasteiger partial charge in [0.2, 0.25) is 0 Å². The number of halogens is 1. The van der Waals surface area contributed by atoms with Crippen molar-refractivity contribution in [1.82, 2.24) is 4.98 Å². The number of para-hydroxylation sites is 1. The fourth-order valence-corrected chi connectivity index (χ4v) is 4.55. The van der Waals surface area contributed by atoms with Crippen LogP contribution in [0.3, 0.4) is 0 Å². The van der Waals surface area contributed by atoms with E-state index in [-0.39, 0.29) is 11.7 Å². The highest BCUT2D eigenvalue weighted by atomic mass is 19.1. The lowest BCUT2D eigenvalue weighted by molar-refractivity contribution is 0.549. The molecule has 0 bridgehead atoms. The third kappa shape index (κ3) is 2.80. The van der Waals surface area contributed by atoms with Gasteiger partial charge in [-0.1, -0.05) is 56.3 Å². The first kappa shape index (κ1) is 18.8. The quantitative estimate of drug-likeness (QED) is 0.306. The number of rotatable bonds is 4. The maximum Gasteiger partial charge on any atom is 0.152 e. The van der Waals surface area contributed by atoms with Crippen LogP contribution in [-0.4, -0.2) is 4.98 Å². The summed E-state index contributed by atoms with van der Waals surface area (Å²) in [6.45, 7) is 6.26. The molecule has 5 rings (SSSR count). The first-order valence-corrected chi connectivity index (χ1v) is 10.6. The topological polar surface area (TPSA) is 26.0 Å². The van der Waals surface area contributed by atoms with E-state index in [9.17, 15) is 0 Å². The van der Waals surface area contributed by atoms with Crippen LogP contribution in [0.15, 0.2) is 65.1 Å². The van der Waals surface area contributed by atoms with Gasteiger partial charge in [0.05, 0.1) is 11.4 Å². The van der Waals surface area contributed by atoms with Gasteiger partial charge in [0, 0.05) is 33.0 Å². The Bertz CT molecular complexity index is 1390. The molecule has 0 atom stereocenters. The van der Waals surface area contributed by atoms with Crippen LogP contribution in [0.25, 0.3) is 44.0 Å². The zero-order valence-electron chi connectivity index (χ0n) is 17.5. The Labute approximate surface area is 175 Å². The van der Waals surface area contributed by atoms with E-state index in [1.807, 2.05) is 42.5 Å². The van der Waals surface area contributed by atoms with Crippen molar-refractivity contribution in [3.8, 4) is 11.3 Å². The standard InChI is InChI=1S/C27H24FNO/c1-4-17(5-2)25-24(28)19-11-6-7-12-20(19)26(29-25)22-15-16(3)14-21-18-10-8-9-13-23(18)30-27(21)22/h6-15,17H,4-5H2,1-3H3. The normalized spacial score (nSPS) is 11.9. The van der Waals surface area contributed by atoms with Crippen molar-refractivity contribution in [2.24, 2.45) is 0 Å². The summed E-state index contributed by atoms with van der Waals surface area (Å²) in [5, 5.41) is 3.59. The molecule has 0 N–H and O–H groups in total. The molecule has 0 saturated carbocycles. The van der Waals surface area contributed by atoms with Crippen LogP contribution >= 0.6 is 0 Å². The summed E-state index contributed by atoms with van der Waals surface area (Å²) in [5.41, 5.74) is 5.06. The lowest BCUT2D eigenvalue weighted by atomic mass is 9.93. The molecule has 30 heavy (non-hydrogen) atoms. The monoisotopic (exact) mass is 397 g/mol. The summed E-state index contributed by atoms with van der Waals surface area (Å²) < 4.78 is 21.8. The van der Waals surface area contributed by atoms with E-state index in [4.69, 9.17) is 9.40 Å². The summed E-state index contributed by atoms with van der Waals surface area (Å²) in [7, 11) is 0. The maximum absolute atomic E-state index is 15.5. The molecular formula is C27H24FNO. The smallest absolute Gasteiger partial charge is 0.152 e. The second-order valence-electron chi connectivity index (χ2n) is 8.01. The highest BCUT2D eigenvalue weighted by Crippen LogP contribution is 2.40. The maximum atomic E-state index is 15.5. The molecule has 0 fully saturated rings. The number of hydrogen-bond acceptors (Lipinski definition) is 2. The first-order chi connectivity index (χ1) is 14.6. The number of benzene rings is 3. The van der Waals surface area contributed by atoms with Crippen LogP contribution < -0.4 is 0 Å². The Morgan fingerprint density at radius 2 is 1.53 bits per heavy atom. The Kier molecular flexibility index (Phi) is 4.54. The van der Waals surface area contributed by atoms with Crippen molar-refractivity contribution in [1.29, 1.82) is 0 Å². The molecule has 3 heteroatoms. The highest BCUT2D eigenvalue weighted by molar-refractivity contribution is 6.11. The van der Waals surface area contributed by atoms with Crippen molar-refractivity contribution in [2.45, 2.75) is 39.5 Å². The SMILES string of the molecule is CCC(CC)c1nc(-c2cc(C)cc3c2oc2ccccc23)c2ccccc2c1F. The Balaban J connectivity index is 1.92. The van der Waals surface area contributed by atoms with E-state index < -0.39 is 0 Å². The van der Waals surface area contributed by atoms with E-state index in [0.717, 1.165) is 57.0 Å². The molecule has 2 heterocycles. The molecule has 0 radical (unpaired) electrons. The van der Waals surface area contributed by atoms with Gasteiger partial charge in [-0.15, -0.1) is 0 Å². The van der Waals surface area contributed by atoms with E-state index in [1.54, 1.807) is 0 Å².